The van der Waals surface area contributed by atoms with Crippen LogP contribution in [0.1, 0.15) is 51.0 Å². The second-order valence-electron chi connectivity index (χ2n) is 9.19. The fourth-order valence-corrected chi connectivity index (χ4v) is 5.93. The number of hydrogen-bond donors (Lipinski definition) is 0. The number of thioether (sulfide) groups is 1. The number of aromatic nitrogens is 2. The zero-order chi connectivity index (χ0) is 22.1. The molecule has 1 spiro atoms. The summed E-state index contributed by atoms with van der Waals surface area (Å²) in [5, 5.41) is 1.37. The highest BCUT2D eigenvalue weighted by Crippen LogP contribution is 2.37. The molecular formula is C26H30N2O3S. The molecule has 0 radical (unpaired) electrons. The van der Waals surface area contributed by atoms with Crippen LogP contribution >= 0.6 is 11.8 Å². The van der Waals surface area contributed by atoms with Gasteiger partial charge in [0, 0.05) is 18.8 Å². The molecule has 2 aliphatic heterocycles. The lowest BCUT2D eigenvalue weighted by Gasteiger charge is -2.37. The molecule has 6 heteroatoms. The van der Waals surface area contributed by atoms with Gasteiger partial charge in [0.15, 0.2) is 5.16 Å². The summed E-state index contributed by atoms with van der Waals surface area (Å²) >= 11 is 1.63. The van der Waals surface area contributed by atoms with Gasteiger partial charge in [0.2, 0.25) is 0 Å². The number of fused-ring (bicyclic) bond motifs is 1. The van der Waals surface area contributed by atoms with Gasteiger partial charge in [-0.05, 0) is 48.9 Å². The Morgan fingerprint density at radius 2 is 1.97 bits per heavy atom. The fraction of sp³-hybridized carbons (Fsp3) is 0.462. The Bertz CT molecular complexity index is 1170. The first-order valence-corrected chi connectivity index (χ1v) is 12.5. The van der Waals surface area contributed by atoms with Crippen LogP contribution in [0.3, 0.4) is 0 Å². The third-order valence-corrected chi connectivity index (χ3v) is 7.66. The molecule has 2 aliphatic rings. The number of para-hydroxylation sites is 2. The zero-order valence-electron chi connectivity index (χ0n) is 18.8. The van der Waals surface area contributed by atoms with E-state index >= 15 is 0 Å². The fourth-order valence-electron chi connectivity index (χ4n) is 4.89. The minimum atomic E-state index is -0.107. The molecule has 0 saturated carbocycles. The van der Waals surface area contributed by atoms with Gasteiger partial charge in [-0.1, -0.05) is 55.9 Å². The topological polar surface area (TPSA) is 53.4 Å². The molecule has 5 rings (SSSR count). The van der Waals surface area contributed by atoms with E-state index in [2.05, 4.69) is 19.9 Å². The Morgan fingerprint density at radius 3 is 2.78 bits per heavy atom. The Balaban J connectivity index is 1.52. The molecular weight excluding hydrogens is 420 g/mol. The number of nitrogens with zero attached hydrogens (tertiary/aromatic N) is 2. The van der Waals surface area contributed by atoms with Gasteiger partial charge in [-0.2, -0.15) is 0 Å². The van der Waals surface area contributed by atoms with Gasteiger partial charge in [-0.25, -0.2) is 4.98 Å². The Labute approximate surface area is 193 Å². The largest absolute Gasteiger partial charge is 0.378 e. The van der Waals surface area contributed by atoms with E-state index in [0.717, 1.165) is 60.0 Å². The summed E-state index contributed by atoms with van der Waals surface area (Å²) in [5.74, 6) is 1.07. The summed E-state index contributed by atoms with van der Waals surface area (Å²) in [6.07, 6.45) is 4.40. The van der Waals surface area contributed by atoms with E-state index in [9.17, 15) is 4.79 Å². The van der Waals surface area contributed by atoms with E-state index in [1.807, 2.05) is 42.5 Å². The number of hydrogen-bond acceptors (Lipinski definition) is 5. The third-order valence-electron chi connectivity index (χ3n) is 6.59. The Hall–Kier alpha value is -2.15. The van der Waals surface area contributed by atoms with Crippen molar-refractivity contribution in [2.75, 3.05) is 19.0 Å². The van der Waals surface area contributed by atoms with Crippen LogP contribution in [0, 0.1) is 0 Å². The molecule has 3 aromatic rings. The van der Waals surface area contributed by atoms with Crippen LogP contribution in [0.2, 0.25) is 0 Å². The predicted octanol–water partition coefficient (Wildman–Crippen LogP) is 5.33. The SMILES string of the molecule is CC(C)c1ccccc1-n1c(SCC2CCCC3(CCOC3)O2)nc2ccccc2c1=O. The summed E-state index contributed by atoms with van der Waals surface area (Å²) in [7, 11) is 0. The maximum absolute atomic E-state index is 13.6. The predicted molar refractivity (Wildman–Crippen MR) is 129 cm³/mol. The van der Waals surface area contributed by atoms with Crippen molar-refractivity contribution in [2.24, 2.45) is 0 Å². The van der Waals surface area contributed by atoms with Crippen molar-refractivity contribution < 1.29 is 9.47 Å². The maximum Gasteiger partial charge on any atom is 0.266 e. The Morgan fingerprint density at radius 1 is 1.16 bits per heavy atom. The molecule has 2 aromatic carbocycles. The molecule has 2 atom stereocenters. The van der Waals surface area contributed by atoms with Crippen LogP contribution in [0.5, 0.6) is 0 Å². The van der Waals surface area contributed by atoms with Crippen molar-refractivity contribution in [1.29, 1.82) is 0 Å². The highest BCUT2D eigenvalue weighted by molar-refractivity contribution is 7.99. The zero-order valence-corrected chi connectivity index (χ0v) is 19.6. The molecule has 32 heavy (non-hydrogen) atoms. The van der Waals surface area contributed by atoms with E-state index in [-0.39, 0.29) is 17.3 Å². The molecule has 0 N–H and O–H groups in total. The normalized spacial score (nSPS) is 23.4. The second-order valence-corrected chi connectivity index (χ2v) is 10.2. The van der Waals surface area contributed by atoms with E-state index in [4.69, 9.17) is 14.5 Å². The van der Waals surface area contributed by atoms with Gasteiger partial charge in [0.25, 0.3) is 5.56 Å². The van der Waals surface area contributed by atoms with Crippen LogP contribution in [0.15, 0.2) is 58.5 Å². The highest BCUT2D eigenvalue weighted by atomic mass is 32.2. The first-order chi connectivity index (χ1) is 15.6. The molecule has 0 amide bonds. The lowest BCUT2D eigenvalue weighted by atomic mass is 9.91. The van der Waals surface area contributed by atoms with E-state index < -0.39 is 0 Å². The summed E-state index contributed by atoms with van der Waals surface area (Å²) in [6.45, 7) is 5.81. The molecule has 1 aromatic heterocycles. The molecule has 2 fully saturated rings. The standard InChI is InChI=1S/C26H30N2O3S/c1-18(2)20-9-4-6-12-23(20)28-24(29)21-10-3-5-11-22(21)27-25(28)32-16-19-8-7-13-26(31-19)14-15-30-17-26/h3-6,9-12,18-19H,7-8,13-17H2,1-2H3. The van der Waals surface area contributed by atoms with Crippen LogP contribution < -0.4 is 5.56 Å². The van der Waals surface area contributed by atoms with Crippen molar-refractivity contribution in [3.05, 3.63) is 64.4 Å². The van der Waals surface area contributed by atoms with Crippen LogP contribution in [0.4, 0.5) is 0 Å². The van der Waals surface area contributed by atoms with Crippen molar-refractivity contribution in [1.82, 2.24) is 9.55 Å². The number of benzene rings is 2. The summed E-state index contributed by atoms with van der Waals surface area (Å²) < 4.78 is 14.0. The lowest BCUT2D eigenvalue weighted by molar-refractivity contribution is -0.118. The van der Waals surface area contributed by atoms with Crippen molar-refractivity contribution >= 4 is 22.7 Å². The quantitative estimate of drug-likeness (QED) is 0.388. The molecule has 0 aliphatic carbocycles. The molecule has 0 bridgehead atoms. The third kappa shape index (κ3) is 4.12. The minimum Gasteiger partial charge on any atom is -0.378 e. The summed E-state index contributed by atoms with van der Waals surface area (Å²) in [4.78, 5) is 18.6. The summed E-state index contributed by atoms with van der Waals surface area (Å²) in [5.41, 5.74) is 2.67. The van der Waals surface area contributed by atoms with Gasteiger partial charge in [0.1, 0.15) is 0 Å². The smallest absolute Gasteiger partial charge is 0.266 e. The van der Waals surface area contributed by atoms with Crippen molar-refractivity contribution in [3.8, 4) is 5.69 Å². The van der Waals surface area contributed by atoms with E-state index in [0.29, 0.717) is 17.9 Å². The monoisotopic (exact) mass is 450 g/mol. The van der Waals surface area contributed by atoms with Gasteiger partial charge in [-0.3, -0.25) is 9.36 Å². The highest BCUT2D eigenvalue weighted by Gasteiger charge is 2.40. The van der Waals surface area contributed by atoms with E-state index in [1.54, 1.807) is 16.3 Å². The average molecular weight is 451 g/mol. The van der Waals surface area contributed by atoms with Crippen molar-refractivity contribution in [2.45, 2.75) is 62.3 Å². The molecule has 3 heterocycles. The average Bonchev–Trinajstić information content (AvgIpc) is 3.25. The van der Waals surface area contributed by atoms with Gasteiger partial charge in [0.05, 0.1) is 34.9 Å². The molecule has 168 valence electrons. The van der Waals surface area contributed by atoms with Crippen LogP contribution in [-0.4, -0.2) is 40.2 Å². The first-order valence-electron chi connectivity index (χ1n) is 11.6. The lowest BCUT2D eigenvalue weighted by Crippen LogP contribution is -2.42. The maximum atomic E-state index is 13.6. The minimum absolute atomic E-state index is 0.0172. The number of rotatable bonds is 5. The Kier molecular flexibility index (Phi) is 6.10. The van der Waals surface area contributed by atoms with Crippen LogP contribution in [0.25, 0.3) is 16.6 Å². The van der Waals surface area contributed by atoms with Gasteiger partial charge < -0.3 is 9.47 Å². The first kappa shape index (κ1) is 21.7. The van der Waals surface area contributed by atoms with E-state index in [1.165, 1.54) is 0 Å². The van der Waals surface area contributed by atoms with Gasteiger partial charge >= 0.3 is 0 Å². The summed E-state index contributed by atoms with van der Waals surface area (Å²) in [6, 6.07) is 15.8. The second kappa shape index (κ2) is 9.00. The molecule has 2 saturated heterocycles. The number of ether oxygens (including phenoxy) is 2. The van der Waals surface area contributed by atoms with Crippen LogP contribution in [-0.2, 0) is 9.47 Å². The molecule has 5 nitrogen and oxygen atoms in total. The molecule has 2 unspecified atom stereocenters. The van der Waals surface area contributed by atoms with Gasteiger partial charge in [-0.15, -0.1) is 0 Å². The van der Waals surface area contributed by atoms with Crippen molar-refractivity contribution in [3.63, 3.8) is 0 Å².